The Bertz CT molecular complexity index is 756. The van der Waals surface area contributed by atoms with Gasteiger partial charge in [0.25, 0.3) is 5.91 Å². The van der Waals surface area contributed by atoms with E-state index in [0.717, 1.165) is 31.7 Å². The van der Waals surface area contributed by atoms with Crippen molar-refractivity contribution < 1.29 is 4.79 Å². The van der Waals surface area contributed by atoms with Gasteiger partial charge in [0.05, 0.1) is 6.04 Å². The van der Waals surface area contributed by atoms with Crippen molar-refractivity contribution in [2.24, 2.45) is 0 Å². The van der Waals surface area contributed by atoms with Gasteiger partial charge in [-0.05, 0) is 23.3 Å². The Hall–Kier alpha value is -2.20. The van der Waals surface area contributed by atoms with Crippen LogP contribution in [0.3, 0.4) is 0 Å². The maximum Gasteiger partial charge on any atom is 0.254 e. The van der Waals surface area contributed by atoms with Crippen molar-refractivity contribution in [1.29, 1.82) is 0 Å². The molecule has 1 unspecified atom stereocenters. The summed E-state index contributed by atoms with van der Waals surface area (Å²) in [6.07, 6.45) is 3.36. The maximum absolute atomic E-state index is 12.8. The highest BCUT2D eigenvalue weighted by Gasteiger charge is 2.40. The number of carbonyl (C=O) groups is 1. The second-order valence-corrected chi connectivity index (χ2v) is 7.44. The van der Waals surface area contributed by atoms with Crippen molar-refractivity contribution in [2.45, 2.75) is 25.3 Å². The molecule has 24 heavy (non-hydrogen) atoms. The van der Waals surface area contributed by atoms with Gasteiger partial charge in [0.15, 0.2) is 0 Å². The third-order valence-electron chi connectivity index (χ3n) is 5.35. The van der Waals surface area contributed by atoms with Crippen LogP contribution >= 0.6 is 0 Å². The molecule has 124 valence electrons. The number of hydrogen-bond acceptors (Lipinski definition) is 3. The van der Waals surface area contributed by atoms with Crippen LogP contribution in [0.5, 0.6) is 0 Å². The summed E-state index contributed by atoms with van der Waals surface area (Å²) in [6, 6.07) is 12.6. The fourth-order valence-electron chi connectivity index (χ4n) is 4.16. The molecule has 0 radical (unpaired) electrons. The molecular formula is C20H23N3O. The molecule has 4 heteroatoms. The zero-order valence-corrected chi connectivity index (χ0v) is 14.3. The molecule has 0 bridgehead atoms. The molecule has 1 atom stereocenters. The number of hydrogen-bond donors (Lipinski definition) is 0. The van der Waals surface area contributed by atoms with E-state index < -0.39 is 0 Å². The molecule has 2 aliphatic rings. The Morgan fingerprint density at radius 2 is 1.88 bits per heavy atom. The smallest absolute Gasteiger partial charge is 0.254 e. The summed E-state index contributed by atoms with van der Waals surface area (Å²) >= 11 is 0. The van der Waals surface area contributed by atoms with Crippen LogP contribution < -0.4 is 0 Å². The third-order valence-corrected chi connectivity index (χ3v) is 5.35. The number of fused-ring (bicyclic) bond motifs is 3. The Labute approximate surface area is 143 Å². The van der Waals surface area contributed by atoms with E-state index in [4.69, 9.17) is 0 Å². The van der Waals surface area contributed by atoms with Crippen molar-refractivity contribution in [2.75, 3.05) is 26.2 Å². The summed E-state index contributed by atoms with van der Waals surface area (Å²) in [5, 5.41) is 0. The molecule has 0 spiro atoms. The van der Waals surface area contributed by atoms with Gasteiger partial charge in [0.2, 0.25) is 0 Å². The number of rotatable bonds is 1. The largest absolute Gasteiger partial charge is 0.335 e. The Balaban J connectivity index is 1.64. The van der Waals surface area contributed by atoms with Gasteiger partial charge in [-0.15, -0.1) is 0 Å². The summed E-state index contributed by atoms with van der Waals surface area (Å²) in [5.74, 6) is 0.111. The average Bonchev–Trinajstić information content (AvgIpc) is 2.61. The van der Waals surface area contributed by atoms with E-state index in [2.05, 4.69) is 48.0 Å². The van der Waals surface area contributed by atoms with Crippen molar-refractivity contribution in [1.82, 2.24) is 14.8 Å². The van der Waals surface area contributed by atoms with Crippen LogP contribution in [0.4, 0.5) is 0 Å². The molecule has 1 aromatic heterocycles. The number of pyridine rings is 1. The van der Waals surface area contributed by atoms with Gasteiger partial charge in [-0.1, -0.05) is 38.1 Å². The van der Waals surface area contributed by atoms with Crippen molar-refractivity contribution in [3.05, 3.63) is 65.5 Å². The molecule has 1 saturated heterocycles. The lowest BCUT2D eigenvalue weighted by Crippen LogP contribution is -2.55. The van der Waals surface area contributed by atoms with Crippen molar-refractivity contribution in [3.8, 4) is 0 Å². The van der Waals surface area contributed by atoms with Gasteiger partial charge in [-0.2, -0.15) is 0 Å². The normalized spacial score (nSPS) is 22.6. The van der Waals surface area contributed by atoms with E-state index in [1.807, 2.05) is 4.90 Å². The molecular weight excluding hydrogens is 298 g/mol. The lowest BCUT2D eigenvalue weighted by Gasteiger charge is -2.50. The van der Waals surface area contributed by atoms with Gasteiger partial charge in [0.1, 0.15) is 0 Å². The second kappa shape index (κ2) is 5.71. The highest BCUT2D eigenvalue weighted by Crippen LogP contribution is 2.41. The molecule has 4 nitrogen and oxygen atoms in total. The highest BCUT2D eigenvalue weighted by molar-refractivity contribution is 5.94. The summed E-state index contributed by atoms with van der Waals surface area (Å²) in [5.41, 5.74) is 3.68. The Kier molecular flexibility index (Phi) is 3.65. The van der Waals surface area contributed by atoms with Crippen molar-refractivity contribution in [3.63, 3.8) is 0 Å². The lowest BCUT2D eigenvalue weighted by atomic mass is 9.75. The van der Waals surface area contributed by atoms with Gasteiger partial charge < -0.3 is 4.90 Å². The van der Waals surface area contributed by atoms with E-state index in [1.165, 1.54) is 11.1 Å². The maximum atomic E-state index is 12.8. The number of aromatic nitrogens is 1. The molecule has 1 fully saturated rings. The van der Waals surface area contributed by atoms with E-state index in [-0.39, 0.29) is 11.3 Å². The van der Waals surface area contributed by atoms with Crippen LogP contribution in [0.2, 0.25) is 0 Å². The van der Waals surface area contributed by atoms with Crippen LogP contribution in [0.25, 0.3) is 0 Å². The standard InChI is InChI=1S/C20H23N3O/c1-20(2)14-23-12-11-22(19(24)15-7-9-21-10-8-15)13-18(23)16-5-3-4-6-17(16)20/h3-10,18H,11-14H2,1-2H3. The number of benzene rings is 1. The first-order valence-electron chi connectivity index (χ1n) is 8.59. The number of carbonyl (C=O) groups excluding carboxylic acids is 1. The third kappa shape index (κ3) is 2.51. The quantitative estimate of drug-likeness (QED) is 0.810. The molecule has 2 aromatic rings. The molecule has 3 heterocycles. The predicted molar refractivity (Wildman–Crippen MR) is 93.9 cm³/mol. The van der Waals surface area contributed by atoms with Crippen molar-refractivity contribution >= 4 is 5.91 Å². The van der Waals surface area contributed by atoms with Crippen LogP contribution in [0.15, 0.2) is 48.8 Å². The molecule has 2 aliphatic heterocycles. The SMILES string of the molecule is CC1(C)CN2CCN(C(=O)c3ccncc3)CC2c2ccccc21. The van der Waals surface area contributed by atoms with Gasteiger partial charge >= 0.3 is 0 Å². The van der Waals surface area contributed by atoms with Gasteiger partial charge in [-0.25, -0.2) is 0 Å². The fraction of sp³-hybridized carbons (Fsp3) is 0.400. The predicted octanol–water partition coefficient (Wildman–Crippen LogP) is 2.87. The molecule has 1 amide bonds. The fourth-order valence-corrected chi connectivity index (χ4v) is 4.16. The monoisotopic (exact) mass is 321 g/mol. The average molecular weight is 321 g/mol. The second-order valence-electron chi connectivity index (χ2n) is 7.44. The zero-order chi connectivity index (χ0) is 16.7. The molecule has 4 rings (SSSR count). The zero-order valence-electron chi connectivity index (χ0n) is 14.3. The van der Waals surface area contributed by atoms with Gasteiger partial charge in [-0.3, -0.25) is 14.7 Å². The van der Waals surface area contributed by atoms with E-state index in [9.17, 15) is 4.79 Å². The number of nitrogens with zero attached hydrogens (tertiary/aromatic N) is 3. The summed E-state index contributed by atoms with van der Waals surface area (Å²) in [4.78, 5) is 21.3. The van der Waals surface area contributed by atoms with Crippen LogP contribution in [0, 0.1) is 0 Å². The van der Waals surface area contributed by atoms with E-state index in [1.54, 1.807) is 24.5 Å². The Morgan fingerprint density at radius 1 is 1.12 bits per heavy atom. The van der Waals surface area contributed by atoms with E-state index >= 15 is 0 Å². The molecule has 1 aromatic carbocycles. The number of piperazine rings is 1. The molecule has 0 saturated carbocycles. The number of amides is 1. The first kappa shape index (κ1) is 15.3. The van der Waals surface area contributed by atoms with E-state index in [0.29, 0.717) is 6.04 Å². The van der Waals surface area contributed by atoms with Crippen LogP contribution in [-0.4, -0.2) is 46.9 Å². The minimum atomic E-state index is 0.111. The van der Waals surface area contributed by atoms with Gasteiger partial charge in [0, 0.05) is 49.6 Å². The van der Waals surface area contributed by atoms with Crippen LogP contribution in [-0.2, 0) is 5.41 Å². The molecule has 0 aliphatic carbocycles. The minimum Gasteiger partial charge on any atom is -0.335 e. The minimum absolute atomic E-state index is 0.111. The first-order valence-corrected chi connectivity index (χ1v) is 8.59. The first-order chi connectivity index (χ1) is 11.6. The topological polar surface area (TPSA) is 36.4 Å². The molecule has 0 N–H and O–H groups in total. The Morgan fingerprint density at radius 3 is 2.67 bits per heavy atom. The van der Waals surface area contributed by atoms with Crippen LogP contribution in [0.1, 0.15) is 41.4 Å². The summed E-state index contributed by atoms with van der Waals surface area (Å²) < 4.78 is 0. The summed E-state index contributed by atoms with van der Waals surface area (Å²) in [7, 11) is 0. The summed E-state index contributed by atoms with van der Waals surface area (Å²) in [6.45, 7) is 8.16. The highest BCUT2D eigenvalue weighted by atomic mass is 16.2. The lowest BCUT2D eigenvalue weighted by molar-refractivity contribution is 0.0359.